The number of hydrogen-bond acceptors (Lipinski definition) is 4. The molecule has 2 N–H and O–H groups in total. The van der Waals surface area contributed by atoms with Gasteiger partial charge in [0.15, 0.2) is 9.84 Å². The van der Waals surface area contributed by atoms with Gasteiger partial charge in [0, 0.05) is 25.0 Å². The molecule has 0 unspecified atom stereocenters. The highest BCUT2D eigenvalue weighted by Crippen LogP contribution is 2.15. The van der Waals surface area contributed by atoms with Crippen molar-refractivity contribution in [1.29, 1.82) is 0 Å². The first kappa shape index (κ1) is 13.2. The summed E-state index contributed by atoms with van der Waals surface area (Å²) in [4.78, 5) is 0. The fourth-order valence-corrected chi connectivity index (χ4v) is 2.14. The summed E-state index contributed by atoms with van der Waals surface area (Å²) in [5.41, 5.74) is 0.952. The Morgan fingerprint density at radius 3 is 2.62 bits per heavy atom. The van der Waals surface area contributed by atoms with Crippen LogP contribution < -0.4 is 5.32 Å². The van der Waals surface area contributed by atoms with Crippen LogP contribution in [0.1, 0.15) is 26.5 Å². The number of nitrogens with one attached hydrogen (secondary N) is 2. The molecule has 0 aliphatic heterocycles. The monoisotopic (exact) mass is 245 g/mol. The summed E-state index contributed by atoms with van der Waals surface area (Å²) < 4.78 is 22.8. The Bertz CT molecular complexity index is 404. The van der Waals surface area contributed by atoms with Gasteiger partial charge in [0.2, 0.25) is 0 Å². The second kappa shape index (κ2) is 4.97. The van der Waals surface area contributed by atoms with E-state index in [4.69, 9.17) is 0 Å². The normalized spacial score (nSPS) is 12.9. The summed E-state index contributed by atoms with van der Waals surface area (Å²) in [5, 5.41) is 9.67. The van der Waals surface area contributed by atoms with E-state index in [1.165, 1.54) is 0 Å². The number of sulfone groups is 1. The van der Waals surface area contributed by atoms with Crippen LogP contribution in [0.3, 0.4) is 0 Å². The molecule has 0 aromatic carbocycles. The molecule has 1 heterocycles. The third kappa shape index (κ3) is 3.61. The quantitative estimate of drug-likeness (QED) is 0.749. The molecule has 0 amide bonds. The molecule has 1 aromatic heterocycles. The molecule has 0 aliphatic carbocycles. The average molecular weight is 245 g/mol. The van der Waals surface area contributed by atoms with Crippen molar-refractivity contribution in [3.05, 3.63) is 18.0 Å². The van der Waals surface area contributed by atoms with Crippen LogP contribution in [0.2, 0.25) is 0 Å². The van der Waals surface area contributed by atoms with Crippen molar-refractivity contribution in [2.75, 3.05) is 12.3 Å². The highest BCUT2D eigenvalue weighted by atomic mass is 32.2. The summed E-state index contributed by atoms with van der Waals surface area (Å²) in [5.74, 6) is 0.157. The number of aromatic amines is 1. The SMILES string of the molecule is CC(C)(C)S(=O)(=O)CCNCc1ccn[nH]1. The third-order valence-corrected chi connectivity index (χ3v) is 4.96. The van der Waals surface area contributed by atoms with E-state index in [-0.39, 0.29) is 5.75 Å². The Hall–Kier alpha value is -0.880. The smallest absolute Gasteiger partial charge is 0.156 e. The Morgan fingerprint density at radius 1 is 1.44 bits per heavy atom. The predicted molar refractivity (Wildman–Crippen MR) is 63.8 cm³/mol. The van der Waals surface area contributed by atoms with E-state index >= 15 is 0 Å². The lowest BCUT2D eigenvalue weighted by Crippen LogP contribution is -2.34. The third-order valence-electron chi connectivity index (χ3n) is 2.35. The maximum Gasteiger partial charge on any atom is 0.156 e. The van der Waals surface area contributed by atoms with Gasteiger partial charge in [0.1, 0.15) is 0 Å². The van der Waals surface area contributed by atoms with E-state index in [0.717, 1.165) is 5.69 Å². The van der Waals surface area contributed by atoms with Crippen molar-refractivity contribution in [2.24, 2.45) is 0 Å². The van der Waals surface area contributed by atoms with E-state index in [1.54, 1.807) is 27.0 Å². The van der Waals surface area contributed by atoms with E-state index in [9.17, 15) is 8.42 Å². The van der Waals surface area contributed by atoms with Crippen molar-refractivity contribution in [3.63, 3.8) is 0 Å². The average Bonchev–Trinajstić information content (AvgIpc) is 2.63. The Labute approximate surface area is 96.6 Å². The van der Waals surface area contributed by atoms with Crippen molar-refractivity contribution in [1.82, 2.24) is 15.5 Å². The number of H-pyrrole nitrogens is 1. The first-order chi connectivity index (χ1) is 7.33. The van der Waals surface area contributed by atoms with E-state index < -0.39 is 14.6 Å². The number of rotatable bonds is 5. The second-order valence-electron chi connectivity index (χ2n) is 4.69. The van der Waals surface area contributed by atoms with Crippen molar-refractivity contribution >= 4 is 9.84 Å². The standard InChI is InChI=1S/C10H19N3O2S/c1-10(2,3)16(14,15)7-6-11-8-9-4-5-12-13-9/h4-5,11H,6-8H2,1-3H3,(H,12,13). The minimum absolute atomic E-state index is 0.157. The molecular weight excluding hydrogens is 226 g/mol. The molecule has 0 spiro atoms. The van der Waals surface area contributed by atoms with Gasteiger partial charge in [-0.1, -0.05) is 0 Å². The zero-order chi connectivity index (χ0) is 12.2. The largest absolute Gasteiger partial charge is 0.310 e. The van der Waals surface area contributed by atoms with Gasteiger partial charge < -0.3 is 5.32 Å². The lowest BCUT2D eigenvalue weighted by molar-refractivity contribution is 0.555. The summed E-state index contributed by atoms with van der Waals surface area (Å²) in [6.07, 6.45) is 1.67. The van der Waals surface area contributed by atoms with Gasteiger partial charge in [-0.15, -0.1) is 0 Å². The van der Waals surface area contributed by atoms with E-state index in [0.29, 0.717) is 13.1 Å². The van der Waals surface area contributed by atoms with Crippen molar-refractivity contribution < 1.29 is 8.42 Å². The van der Waals surface area contributed by atoms with E-state index in [1.807, 2.05) is 6.07 Å². The van der Waals surface area contributed by atoms with Gasteiger partial charge in [0.25, 0.3) is 0 Å². The summed E-state index contributed by atoms with van der Waals surface area (Å²) >= 11 is 0. The highest BCUT2D eigenvalue weighted by molar-refractivity contribution is 7.92. The number of hydrogen-bond donors (Lipinski definition) is 2. The van der Waals surface area contributed by atoms with Gasteiger partial charge >= 0.3 is 0 Å². The van der Waals surface area contributed by atoms with Crippen LogP contribution in [-0.2, 0) is 16.4 Å². The van der Waals surface area contributed by atoms with Gasteiger partial charge in [-0.2, -0.15) is 5.10 Å². The summed E-state index contributed by atoms with van der Waals surface area (Å²) in [7, 11) is -3.03. The van der Waals surface area contributed by atoms with Gasteiger partial charge in [-0.25, -0.2) is 8.42 Å². The highest BCUT2D eigenvalue weighted by Gasteiger charge is 2.27. The molecule has 0 aliphatic rings. The minimum atomic E-state index is -3.03. The molecule has 16 heavy (non-hydrogen) atoms. The van der Waals surface area contributed by atoms with Crippen molar-refractivity contribution in [3.8, 4) is 0 Å². The maximum atomic E-state index is 11.8. The maximum absolute atomic E-state index is 11.8. The van der Waals surface area contributed by atoms with Crippen LogP contribution in [-0.4, -0.2) is 35.7 Å². The van der Waals surface area contributed by atoms with Crippen LogP contribution in [0.15, 0.2) is 12.3 Å². The molecule has 0 saturated carbocycles. The minimum Gasteiger partial charge on any atom is -0.310 e. The number of aromatic nitrogens is 2. The molecule has 0 saturated heterocycles. The fraction of sp³-hybridized carbons (Fsp3) is 0.700. The van der Waals surface area contributed by atoms with Crippen LogP contribution in [0.25, 0.3) is 0 Å². The van der Waals surface area contributed by atoms with Crippen LogP contribution in [0.5, 0.6) is 0 Å². The first-order valence-corrected chi connectivity index (χ1v) is 6.89. The molecule has 0 atom stereocenters. The van der Waals surface area contributed by atoms with E-state index in [2.05, 4.69) is 15.5 Å². The Kier molecular flexibility index (Phi) is 4.09. The van der Waals surface area contributed by atoms with Gasteiger partial charge in [0.05, 0.1) is 10.5 Å². The molecule has 0 bridgehead atoms. The van der Waals surface area contributed by atoms with Crippen LogP contribution in [0, 0.1) is 0 Å². The zero-order valence-corrected chi connectivity index (χ0v) is 10.8. The zero-order valence-electron chi connectivity index (χ0n) is 9.95. The summed E-state index contributed by atoms with van der Waals surface area (Å²) in [6.45, 7) is 6.23. The molecular formula is C10H19N3O2S. The molecule has 1 rings (SSSR count). The molecule has 0 radical (unpaired) electrons. The van der Waals surface area contributed by atoms with Crippen LogP contribution in [0.4, 0.5) is 0 Å². The topological polar surface area (TPSA) is 74.8 Å². The van der Waals surface area contributed by atoms with Crippen LogP contribution >= 0.6 is 0 Å². The predicted octanol–water partition coefficient (Wildman–Crippen LogP) is 0.713. The molecule has 5 nitrogen and oxygen atoms in total. The number of nitrogens with zero attached hydrogens (tertiary/aromatic N) is 1. The van der Waals surface area contributed by atoms with Gasteiger partial charge in [-0.3, -0.25) is 5.10 Å². The second-order valence-corrected chi connectivity index (χ2v) is 7.55. The lowest BCUT2D eigenvalue weighted by Gasteiger charge is -2.19. The molecule has 6 heteroatoms. The first-order valence-electron chi connectivity index (χ1n) is 5.24. The Morgan fingerprint density at radius 2 is 2.12 bits per heavy atom. The fourth-order valence-electron chi connectivity index (χ4n) is 1.12. The Balaban J connectivity index is 2.31. The lowest BCUT2D eigenvalue weighted by atomic mass is 10.3. The van der Waals surface area contributed by atoms with Gasteiger partial charge in [-0.05, 0) is 26.8 Å². The molecule has 1 aromatic rings. The molecule has 0 fully saturated rings. The van der Waals surface area contributed by atoms with Crippen molar-refractivity contribution in [2.45, 2.75) is 32.1 Å². The summed E-state index contributed by atoms with van der Waals surface area (Å²) in [6, 6.07) is 1.85. The molecule has 92 valence electrons.